The van der Waals surface area contributed by atoms with Crippen LogP contribution < -0.4 is 19.1 Å². The van der Waals surface area contributed by atoms with E-state index in [4.69, 9.17) is 32.7 Å². The Labute approximate surface area is 263 Å². The van der Waals surface area contributed by atoms with Crippen LogP contribution in [0.15, 0.2) is 71.6 Å². The molecule has 12 heteroatoms. The maximum absolute atomic E-state index is 14.2. The number of carbonyl (C=O) groups is 2. The highest BCUT2D eigenvalue weighted by molar-refractivity contribution is 7.92. The van der Waals surface area contributed by atoms with E-state index in [2.05, 4.69) is 5.32 Å². The zero-order chi connectivity index (χ0) is 31.7. The molecule has 0 saturated heterocycles. The highest BCUT2D eigenvalue weighted by Crippen LogP contribution is 2.32. The number of hydrogen-bond acceptors (Lipinski definition) is 6. The molecule has 0 spiro atoms. The summed E-state index contributed by atoms with van der Waals surface area (Å²) < 4.78 is 39.8. The Morgan fingerprint density at radius 2 is 1.56 bits per heavy atom. The molecule has 2 atom stereocenters. The van der Waals surface area contributed by atoms with Crippen molar-refractivity contribution < 1.29 is 27.5 Å². The van der Waals surface area contributed by atoms with E-state index >= 15 is 0 Å². The molecule has 2 amide bonds. The van der Waals surface area contributed by atoms with Crippen LogP contribution in [0.25, 0.3) is 0 Å². The van der Waals surface area contributed by atoms with Crippen LogP contribution in [-0.4, -0.2) is 58.0 Å². The largest absolute Gasteiger partial charge is 0.493 e. The number of anilines is 1. The quantitative estimate of drug-likeness (QED) is 0.232. The Morgan fingerprint density at radius 3 is 2.14 bits per heavy atom. The van der Waals surface area contributed by atoms with Crippen molar-refractivity contribution in [3.05, 3.63) is 82.3 Å². The molecule has 0 aliphatic rings. The van der Waals surface area contributed by atoms with Gasteiger partial charge in [0, 0.05) is 18.7 Å². The van der Waals surface area contributed by atoms with Crippen molar-refractivity contribution in [3.63, 3.8) is 0 Å². The number of ether oxygens (including phenoxy) is 2. The van der Waals surface area contributed by atoms with Crippen LogP contribution in [0.3, 0.4) is 0 Å². The van der Waals surface area contributed by atoms with E-state index in [9.17, 15) is 18.0 Å². The van der Waals surface area contributed by atoms with Gasteiger partial charge in [0.15, 0.2) is 11.5 Å². The van der Waals surface area contributed by atoms with Gasteiger partial charge in [-0.3, -0.25) is 13.9 Å². The second kappa shape index (κ2) is 15.3. The van der Waals surface area contributed by atoms with Crippen molar-refractivity contribution in [1.82, 2.24) is 10.2 Å². The predicted molar refractivity (Wildman–Crippen MR) is 170 cm³/mol. The van der Waals surface area contributed by atoms with Crippen molar-refractivity contribution in [1.29, 1.82) is 0 Å². The summed E-state index contributed by atoms with van der Waals surface area (Å²) in [7, 11) is -1.43. The highest BCUT2D eigenvalue weighted by atomic mass is 35.5. The zero-order valence-electron chi connectivity index (χ0n) is 24.8. The summed E-state index contributed by atoms with van der Waals surface area (Å²) in [5.41, 5.74) is 0.906. The van der Waals surface area contributed by atoms with Crippen LogP contribution >= 0.6 is 23.2 Å². The lowest BCUT2D eigenvalue weighted by atomic mass is 10.1. The molecule has 0 saturated carbocycles. The van der Waals surface area contributed by atoms with Crippen molar-refractivity contribution in [2.24, 2.45) is 0 Å². The molecule has 0 aliphatic carbocycles. The number of nitrogens with zero attached hydrogens (tertiary/aromatic N) is 2. The molecule has 3 rings (SSSR count). The fourth-order valence-corrected chi connectivity index (χ4v) is 6.17. The number of benzene rings is 3. The zero-order valence-corrected chi connectivity index (χ0v) is 27.2. The first-order valence-electron chi connectivity index (χ1n) is 13.8. The molecule has 3 aromatic carbocycles. The lowest BCUT2D eigenvalue weighted by Gasteiger charge is -2.33. The molecule has 0 radical (unpaired) electrons. The van der Waals surface area contributed by atoms with E-state index in [-0.39, 0.29) is 34.8 Å². The predicted octanol–water partition coefficient (Wildman–Crippen LogP) is 5.93. The lowest BCUT2D eigenvalue weighted by Crippen LogP contribution is -2.53. The van der Waals surface area contributed by atoms with E-state index < -0.39 is 28.5 Å². The molecule has 0 fully saturated rings. The molecule has 0 bridgehead atoms. The minimum atomic E-state index is -4.29. The van der Waals surface area contributed by atoms with Gasteiger partial charge in [0.25, 0.3) is 10.0 Å². The maximum atomic E-state index is 14.2. The van der Waals surface area contributed by atoms with Crippen LogP contribution in [-0.2, 0) is 26.2 Å². The molecule has 9 nitrogen and oxygen atoms in total. The number of halogens is 2. The SMILES string of the molecule is CCC(C)NC(=O)C(CC)N(Cc1ccc(Cl)c(Cl)c1)C(=O)CN(c1ccccc1)S(=O)(=O)c1ccc(OC)c(OC)c1. The van der Waals surface area contributed by atoms with Gasteiger partial charge in [-0.15, -0.1) is 0 Å². The normalized spacial score (nSPS) is 12.6. The first-order chi connectivity index (χ1) is 20.5. The van der Waals surface area contributed by atoms with Gasteiger partial charge in [0.05, 0.1) is 34.8 Å². The van der Waals surface area contributed by atoms with Crippen molar-refractivity contribution in [2.45, 2.75) is 57.1 Å². The number of methoxy groups -OCH3 is 2. The van der Waals surface area contributed by atoms with Crippen LogP contribution in [0.5, 0.6) is 11.5 Å². The number of amides is 2. The third kappa shape index (κ3) is 8.34. The summed E-state index contributed by atoms with van der Waals surface area (Å²) in [5, 5.41) is 3.59. The van der Waals surface area contributed by atoms with Crippen molar-refractivity contribution in [2.75, 3.05) is 25.1 Å². The third-order valence-corrected chi connectivity index (χ3v) is 9.50. The third-order valence-electron chi connectivity index (χ3n) is 6.99. The molecule has 3 aromatic rings. The molecular weight excluding hydrogens is 613 g/mol. The van der Waals surface area contributed by atoms with E-state index in [1.54, 1.807) is 55.5 Å². The fourth-order valence-electron chi connectivity index (χ4n) is 4.42. The molecule has 232 valence electrons. The molecular formula is C31H37Cl2N3O6S. The molecule has 0 aromatic heterocycles. The number of hydrogen-bond donors (Lipinski definition) is 1. The maximum Gasteiger partial charge on any atom is 0.264 e. The fraction of sp³-hybridized carbons (Fsp3) is 0.355. The average molecular weight is 651 g/mol. The first-order valence-corrected chi connectivity index (χ1v) is 16.0. The Bertz CT molecular complexity index is 1520. The van der Waals surface area contributed by atoms with Crippen LogP contribution in [0.1, 0.15) is 39.2 Å². The summed E-state index contributed by atoms with van der Waals surface area (Å²) in [6, 6.07) is 16.5. The number of para-hydroxylation sites is 1. The Kier molecular flexibility index (Phi) is 12.1. The van der Waals surface area contributed by atoms with Gasteiger partial charge >= 0.3 is 0 Å². The second-order valence-electron chi connectivity index (χ2n) is 9.88. The molecule has 0 heterocycles. The highest BCUT2D eigenvalue weighted by Gasteiger charge is 2.34. The number of nitrogens with one attached hydrogen (secondary N) is 1. The summed E-state index contributed by atoms with van der Waals surface area (Å²) >= 11 is 12.4. The van der Waals surface area contributed by atoms with E-state index in [1.807, 2.05) is 13.8 Å². The van der Waals surface area contributed by atoms with Gasteiger partial charge < -0.3 is 19.7 Å². The van der Waals surface area contributed by atoms with E-state index in [0.29, 0.717) is 34.2 Å². The van der Waals surface area contributed by atoms with E-state index in [0.717, 1.165) is 4.31 Å². The van der Waals surface area contributed by atoms with Crippen molar-refractivity contribution >= 4 is 50.7 Å². The topological polar surface area (TPSA) is 105 Å². The Morgan fingerprint density at radius 1 is 0.884 bits per heavy atom. The number of sulfonamides is 1. The first kappa shape index (κ1) is 34.0. The summed E-state index contributed by atoms with van der Waals surface area (Å²) in [4.78, 5) is 28.9. The Hall–Kier alpha value is -3.47. The minimum absolute atomic E-state index is 0.00118. The summed E-state index contributed by atoms with van der Waals surface area (Å²) in [6.45, 7) is 5.05. The second-order valence-corrected chi connectivity index (χ2v) is 12.6. The Balaban J connectivity index is 2.09. The number of rotatable bonds is 14. The average Bonchev–Trinajstić information content (AvgIpc) is 3.01. The van der Waals surface area contributed by atoms with E-state index in [1.165, 1.54) is 37.3 Å². The van der Waals surface area contributed by atoms with Gasteiger partial charge in [0.2, 0.25) is 11.8 Å². The smallest absolute Gasteiger partial charge is 0.264 e. The summed E-state index contributed by atoms with van der Waals surface area (Å²) in [5.74, 6) is -0.337. The lowest BCUT2D eigenvalue weighted by molar-refractivity contribution is -0.140. The van der Waals surface area contributed by atoms with Gasteiger partial charge in [-0.1, -0.05) is 61.3 Å². The van der Waals surface area contributed by atoms with Gasteiger partial charge in [0.1, 0.15) is 12.6 Å². The monoisotopic (exact) mass is 649 g/mol. The van der Waals surface area contributed by atoms with Crippen molar-refractivity contribution in [3.8, 4) is 11.5 Å². The van der Waals surface area contributed by atoms with Crippen LogP contribution in [0, 0.1) is 0 Å². The van der Waals surface area contributed by atoms with Crippen LogP contribution in [0.4, 0.5) is 5.69 Å². The van der Waals surface area contributed by atoms with Crippen LogP contribution in [0.2, 0.25) is 10.0 Å². The van der Waals surface area contributed by atoms with Gasteiger partial charge in [-0.2, -0.15) is 0 Å². The number of carbonyl (C=O) groups excluding carboxylic acids is 2. The minimum Gasteiger partial charge on any atom is -0.493 e. The summed E-state index contributed by atoms with van der Waals surface area (Å²) in [6.07, 6.45) is 0.997. The molecule has 43 heavy (non-hydrogen) atoms. The molecule has 0 aliphatic heterocycles. The standard InChI is InChI=1S/C31H37Cl2N3O6S/c1-6-21(3)34-31(38)27(7-2)35(19-22-13-15-25(32)26(33)17-22)30(37)20-36(23-11-9-8-10-12-23)43(39,40)24-14-16-28(41-4)29(18-24)42-5/h8-18,21,27H,6-7,19-20H2,1-5H3,(H,34,38). The molecule has 1 N–H and O–H groups in total. The molecule has 2 unspecified atom stereocenters. The van der Waals surface area contributed by atoms with Gasteiger partial charge in [-0.25, -0.2) is 8.42 Å². The van der Waals surface area contributed by atoms with Gasteiger partial charge in [-0.05, 0) is 61.7 Å².